The van der Waals surface area contributed by atoms with Gasteiger partial charge in [0.1, 0.15) is 23.7 Å². The molecule has 23 nitrogen and oxygen atoms in total. The van der Waals surface area contributed by atoms with Crippen LogP contribution in [0.3, 0.4) is 0 Å². The van der Waals surface area contributed by atoms with E-state index in [2.05, 4.69) is 34.8 Å². The first-order chi connectivity index (χ1) is 22.9. The van der Waals surface area contributed by atoms with E-state index < -0.39 is 102 Å². The van der Waals surface area contributed by atoms with Crippen LogP contribution < -0.4 is 26.5 Å². The van der Waals surface area contributed by atoms with Crippen LogP contribution in [0, 0.1) is 0 Å². The van der Waals surface area contributed by atoms with E-state index >= 15 is 0 Å². The first kappa shape index (κ1) is 35.6. The first-order valence-electron chi connectivity index (χ1n) is 12.8. The highest BCUT2D eigenvalue weighted by Gasteiger charge is 2.26. The van der Waals surface area contributed by atoms with Gasteiger partial charge in [0.25, 0.3) is 0 Å². The van der Waals surface area contributed by atoms with Crippen molar-refractivity contribution in [2.24, 2.45) is 16.1 Å². The van der Waals surface area contributed by atoms with Gasteiger partial charge in [-0.3, -0.25) is 23.8 Å². The summed E-state index contributed by atoms with van der Waals surface area (Å²) in [5.74, 6) is -1.79. The second-order valence-electron chi connectivity index (χ2n) is 9.38. The Kier molecular flexibility index (Phi) is 10.0. The molecule has 25 heteroatoms. The monoisotopic (exact) mass is 723 g/mol. The number of aliphatic carboxylic acids is 2. The highest BCUT2D eigenvalue weighted by molar-refractivity contribution is 7.87. The van der Waals surface area contributed by atoms with Crippen LogP contribution in [0.15, 0.2) is 62.4 Å². The van der Waals surface area contributed by atoms with Crippen molar-refractivity contribution in [3.8, 4) is 5.75 Å². The standard InChI is InChI=1S/C24H21N9O14S2/c25-47-48(42,43)15-6-5-13(26-22-27-23(29-24(41)28-22)33(8-16(34)35)9-17(36)37)18-11(15)7-14(32-49(44,45)46)19(20(18)38)31-30-12-4-2-1-3-10(12)21(39)40/h1-7,32,38H,8-9,25H2,(H,34,35)(H,36,37)(H,39,40)(H,44,45,46)(H2,26,27,28,29,41). The molecule has 1 aromatic heterocycles. The molecule has 0 aliphatic heterocycles. The zero-order valence-corrected chi connectivity index (χ0v) is 25.6. The van der Waals surface area contributed by atoms with Gasteiger partial charge in [0, 0.05) is 5.39 Å². The Morgan fingerprint density at radius 2 is 1.61 bits per heavy atom. The minimum atomic E-state index is -5.16. The Morgan fingerprint density at radius 1 is 0.959 bits per heavy atom. The maximum absolute atomic E-state index is 12.7. The molecule has 49 heavy (non-hydrogen) atoms. The van der Waals surface area contributed by atoms with Gasteiger partial charge >= 0.3 is 44.0 Å². The Bertz CT molecular complexity index is 2300. The van der Waals surface area contributed by atoms with Gasteiger partial charge in [-0.1, -0.05) is 12.1 Å². The number of nitrogens with zero attached hydrogens (tertiary/aromatic N) is 5. The summed E-state index contributed by atoms with van der Waals surface area (Å²) in [6, 6.07) is 7.71. The van der Waals surface area contributed by atoms with Gasteiger partial charge in [-0.05, 0) is 30.3 Å². The number of carboxylic acid groups (broad SMARTS) is 3. The summed E-state index contributed by atoms with van der Waals surface area (Å²) in [7, 11) is -10.0. The van der Waals surface area contributed by atoms with E-state index in [0.29, 0.717) is 4.90 Å². The number of azo groups is 1. The number of fused-ring (bicyclic) bond motifs is 1. The first-order valence-corrected chi connectivity index (χ1v) is 15.6. The third-order valence-corrected chi connectivity index (χ3v) is 7.69. The minimum absolute atomic E-state index is 0.281. The number of hydrogen-bond donors (Lipinski definition) is 9. The molecule has 0 amide bonds. The van der Waals surface area contributed by atoms with E-state index in [4.69, 9.17) is 5.90 Å². The molecule has 3 aromatic carbocycles. The van der Waals surface area contributed by atoms with Crippen LogP contribution in [0.5, 0.6) is 5.75 Å². The van der Waals surface area contributed by atoms with Crippen LogP contribution in [-0.4, -0.2) is 87.8 Å². The van der Waals surface area contributed by atoms with Crippen molar-refractivity contribution < 1.29 is 60.5 Å². The van der Waals surface area contributed by atoms with Crippen molar-refractivity contribution in [3.05, 3.63) is 58.5 Å². The molecule has 258 valence electrons. The molecule has 0 aliphatic carbocycles. The molecule has 4 rings (SSSR count). The number of H-pyrrole nitrogens is 1. The molecular weight excluding hydrogens is 702 g/mol. The smallest absolute Gasteiger partial charge is 0.357 e. The molecule has 1 heterocycles. The predicted octanol–water partition coefficient (Wildman–Crippen LogP) is 0.650. The van der Waals surface area contributed by atoms with E-state index in [9.17, 15) is 61.0 Å². The summed E-state index contributed by atoms with van der Waals surface area (Å²) < 4.78 is 64.3. The van der Waals surface area contributed by atoms with E-state index in [-0.39, 0.29) is 16.9 Å². The number of aromatic hydroxyl groups is 1. The molecule has 0 radical (unpaired) electrons. The van der Waals surface area contributed by atoms with Crippen LogP contribution >= 0.6 is 0 Å². The van der Waals surface area contributed by atoms with Crippen molar-refractivity contribution >= 4 is 83.7 Å². The molecule has 0 bridgehead atoms. The number of aromatic carboxylic acids is 1. The lowest BCUT2D eigenvalue weighted by molar-refractivity contribution is -0.136. The second kappa shape index (κ2) is 13.8. The maximum atomic E-state index is 12.7. The van der Waals surface area contributed by atoms with E-state index in [1.54, 1.807) is 4.72 Å². The van der Waals surface area contributed by atoms with Gasteiger partial charge in [0.15, 0.2) is 11.4 Å². The van der Waals surface area contributed by atoms with Gasteiger partial charge < -0.3 is 30.6 Å². The third-order valence-electron chi connectivity index (χ3n) is 6.06. The number of nitrogens with one attached hydrogen (secondary N) is 3. The van der Waals surface area contributed by atoms with E-state index in [1.165, 1.54) is 18.2 Å². The van der Waals surface area contributed by atoms with Crippen molar-refractivity contribution in [3.63, 3.8) is 0 Å². The summed E-state index contributed by atoms with van der Waals surface area (Å²) in [5.41, 5.74) is -3.73. The van der Waals surface area contributed by atoms with Crippen LogP contribution in [-0.2, 0) is 34.3 Å². The number of aromatic amines is 1. The Labute approximate surface area is 272 Å². The van der Waals surface area contributed by atoms with Gasteiger partial charge in [-0.2, -0.15) is 37.0 Å². The average Bonchev–Trinajstić information content (AvgIpc) is 2.99. The zero-order chi connectivity index (χ0) is 36.3. The largest absolute Gasteiger partial charge is 0.505 e. The van der Waals surface area contributed by atoms with E-state index in [0.717, 1.165) is 24.3 Å². The number of phenols is 1. The van der Waals surface area contributed by atoms with Gasteiger partial charge in [-0.15, -0.1) is 10.2 Å². The summed E-state index contributed by atoms with van der Waals surface area (Å²) in [5, 5.41) is 48.3. The van der Waals surface area contributed by atoms with Crippen LogP contribution in [0.25, 0.3) is 10.8 Å². The molecule has 0 fully saturated rings. The van der Waals surface area contributed by atoms with Crippen LogP contribution in [0.1, 0.15) is 10.4 Å². The van der Waals surface area contributed by atoms with Crippen molar-refractivity contribution in [2.75, 3.05) is 28.0 Å². The van der Waals surface area contributed by atoms with Crippen molar-refractivity contribution in [1.82, 2.24) is 15.0 Å². The number of aromatic nitrogens is 3. The van der Waals surface area contributed by atoms with Gasteiger partial charge in [0.2, 0.25) is 11.9 Å². The molecule has 4 aromatic rings. The lowest BCUT2D eigenvalue weighted by Gasteiger charge is -2.19. The normalized spacial score (nSPS) is 11.8. The summed E-state index contributed by atoms with van der Waals surface area (Å²) >= 11 is 0. The number of rotatable bonds is 14. The van der Waals surface area contributed by atoms with Crippen LogP contribution in [0.4, 0.5) is 34.6 Å². The number of nitrogens with two attached hydrogens (primary N) is 1. The number of phenolic OH excluding ortho intramolecular Hbond substituents is 1. The predicted molar refractivity (Wildman–Crippen MR) is 164 cm³/mol. The zero-order valence-electron chi connectivity index (χ0n) is 24.0. The van der Waals surface area contributed by atoms with Crippen molar-refractivity contribution in [2.45, 2.75) is 4.90 Å². The SMILES string of the molecule is NOS(=O)(=O)c1ccc(Nc2nc(N(CC(=O)O)CC(=O)O)nc(=O)[nH]2)c2c(O)c(N=Nc3ccccc3C(=O)O)c(NS(=O)(=O)O)cc12. The molecule has 0 atom stereocenters. The lowest BCUT2D eigenvalue weighted by Crippen LogP contribution is -2.37. The summed E-state index contributed by atoms with van der Waals surface area (Å²) in [6.45, 7) is -1.90. The quantitative estimate of drug-likeness (QED) is 0.0489. The molecular formula is C24H21N9O14S2. The Hall–Kier alpha value is -6.28. The maximum Gasteiger partial charge on any atom is 0.357 e. The van der Waals surface area contributed by atoms with E-state index in [1.807, 2.05) is 0 Å². The number of anilines is 4. The molecule has 0 saturated heterocycles. The Balaban J connectivity index is 2.02. The fourth-order valence-electron chi connectivity index (χ4n) is 4.22. The van der Waals surface area contributed by atoms with Crippen molar-refractivity contribution in [1.29, 1.82) is 0 Å². The fourth-order valence-corrected chi connectivity index (χ4v) is 5.42. The molecule has 0 unspecified atom stereocenters. The number of carboxylic acids is 3. The number of carbonyl (C=O) groups is 3. The second-order valence-corrected chi connectivity index (χ2v) is 12.1. The number of hydrogen-bond acceptors (Lipinski definition) is 17. The third kappa shape index (κ3) is 8.36. The summed E-state index contributed by atoms with van der Waals surface area (Å²) in [6.07, 6.45) is 0. The van der Waals surface area contributed by atoms with Gasteiger partial charge in [0.05, 0.1) is 22.3 Å². The van der Waals surface area contributed by atoms with Gasteiger partial charge in [-0.25, -0.2) is 9.59 Å². The molecule has 0 saturated carbocycles. The molecule has 0 aliphatic rings. The fraction of sp³-hybridized carbons (Fsp3) is 0.0833. The highest BCUT2D eigenvalue weighted by Crippen LogP contribution is 2.47. The lowest BCUT2D eigenvalue weighted by atomic mass is 10.0. The molecule has 10 N–H and O–H groups in total. The average molecular weight is 724 g/mol. The molecule has 0 spiro atoms. The number of benzene rings is 3. The Morgan fingerprint density at radius 3 is 2.20 bits per heavy atom. The summed E-state index contributed by atoms with van der Waals surface area (Å²) in [4.78, 5) is 56.0. The highest BCUT2D eigenvalue weighted by atomic mass is 32.2. The topological polar surface area (TPSA) is 367 Å². The van der Waals surface area contributed by atoms with Crippen LogP contribution in [0.2, 0.25) is 0 Å². The minimum Gasteiger partial charge on any atom is -0.505 e.